The van der Waals surface area contributed by atoms with E-state index >= 15 is 0 Å². The topological polar surface area (TPSA) is 56.7 Å². The van der Waals surface area contributed by atoms with Gasteiger partial charge in [0.2, 0.25) is 0 Å². The molecule has 0 aliphatic heterocycles. The van der Waals surface area contributed by atoms with Crippen LogP contribution in [-0.4, -0.2) is 25.6 Å². The molecule has 0 atom stereocenters. The third-order valence-electron chi connectivity index (χ3n) is 2.89. The van der Waals surface area contributed by atoms with E-state index in [-0.39, 0.29) is 0 Å². The van der Waals surface area contributed by atoms with Crippen molar-refractivity contribution in [2.45, 2.75) is 19.9 Å². The number of alkyl halides is 1. The normalized spacial score (nSPS) is 11.3. The first-order chi connectivity index (χ1) is 9.28. The predicted molar refractivity (Wildman–Crippen MR) is 72.3 cm³/mol. The lowest BCUT2D eigenvalue weighted by atomic mass is 10.3. The highest BCUT2D eigenvalue weighted by atomic mass is 35.5. The van der Waals surface area contributed by atoms with Gasteiger partial charge in [-0.15, -0.1) is 11.6 Å². The van der Waals surface area contributed by atoms with Gasteiger partial charge in [-0.2, -0.15) is 0 Å². The Morgan fingerprint density at radius 3 is 3.05 bits per heavy atom. The van der Waals surface area contributed by atoms with Gasteiger partial charge in [-0.1, -0.05) is 5.16 Å². The molecular formula is C13H13ClN4O. The molecule has 0 fully saturated rings. The van der Waals surface area contributed by atoms with Crippen molar-refractivity contribution in [3.8, 4) is 0 Å². The number of imidazole rings is 1. The first-order valence-corrected chi connectivity index (χ1v) is 6.59. The molecule has 0 bridgehead atoms. The molecule has 0 amide bonds. The molecule has 0 unspecified atom stereocenters. The highest BCUT2D eigenvalue weighted by Crippen LogP contribution is 2.17. The standard InChI is InChI=1S/C13H13ClN4O/c1-9-7-10(19-17-9)8-18-12(4-5-14)16-11-3-2-6-15-13(11)18/h2-3,6-7H,4-5,8H2,1H3. The van der Waals surface area contributed by atoms with Crippen LogP contribution in [0.25, 0.3) is 11.2 Å². The van der Waals surface area contributed by atoms with Gasteiger partial charge in [0, 0.05) is 24.6 Å². The zero-order valence-electron chi connectivity index (χ0n) is 10.5. The minimum atomic E-state index is 0.527. The Morgan fingerprint density at radius 2 is 2.32 bits per heavy atom. The Hall–Kier alpha value is -1.88. The van der Waals surface area contributed by atoms with Crippen molar-refractivity contribution < 1.29 is 4.52 Å². The van der Waals surface area contributed by atoms with E-state index in [4.69, 9.17) is 16.1 Å². The van der Waals surface area contributed by atoms with Crippen molar-refractivity contribution in [2.24, 2.45) is 0 Å². The van der Waals surface area contributed by atoms with E-state index < -0.39 is 0 Å². The summed E-state index contributed by atoms with van der Waals surface area (Å²) in [6, 6.07) is 5.74. The molecule has 0 radical (unpaired) electrons. The number of pyridine rings is 1. The summed E-state index contributed by atoms with van der Waals surface area (Å²) in [4.78, 5) is 8.94. The van der Waals surface area contributed by atoms with Gasteiger partial charge in [0.05, 0.1) is 12.2 Å². The molecule has 0 saturated heterocycles. The molecule has 5 nitrogen and oxygen atoms in total. The number of hydrogen-bond acceptors (Lipinski definition) is 4. The number of nitrogens with zero attached hydrogens (tertiary/aromatic N) is 4. The lowest BCUT2D eigenvalue weighted by Gasteiger charge is -2.04. The molecule has 0 spiro atoms. The summed E-state index contributed by atoms with van der Waals surface area (Å²) in [5.74, 6) is 2.23. The third-order valence-corrected chi connectivity index (χ3v) is 3.08. The minimum Gasteiger partial charge on any atom is -0.359 e. The van der Waals surface area contributed by atoms with E-state index in [9.17, 15) is 0 Å². The molecule has 3 aromatic heterocycles. The average molecular weight is 277 g/mol. The quantitative estimate of drug-likeness (QED) is 0.687. The van der Waals surface area contributed by atoms with Gasteiger partial charge in [0.25, 0.3) is 0 Å². The first-order valence-electron chi connectivity index (χ1n) is 6.06. The first kappa shape index (κ1) is 12.2. The molecule has 6 heteroatoms. The number of hydrogen-bond donors (Lipinski definition) is 0. The maximum Gasteiger partial charge on any atom is 0.160 e. The van der Waals surface area contributed by atoms with Crippen LogP contribution in [0.1, 0.15) is 17.3 Å². The predicted octanol–water partition coefficient (Wildman–Crippen LogP) is 2.56. The second-order valence-corrected chi connectivity index (χ2v) is 4.71. The van der Waals surface area contributed by atoms with E-state index in [0.717, 1.165) is 28.4 Å². The Bertz CT molecular complexity index is 704. The summed E-state index contributed by atoms with van der Waals surface area (Å²) >= 11 is 5.83. The monoisotopic (exact) mass is 276 g/mol. The zero-order chi connectivity index (χ0) is 13.2. The molecule has 0 aliphatic carbocycles. The highest BCUT2D eigenvalue weighted by Gasteiger charge is 2.13. The third kappa shape index (κ3) is 2.33. The van der Waals surface area contributed by atoms with Crippen molar-refractivity contribution in [2.75, 3.05) is 5.88 Å². The summed E-state index contributed by atoms with van der Waals surface area (Å²) in [6.07, 6.45) is 2.46. The fourth-order valence-corrected chi connectivity index (χ4v) is 2.26. The molecule has 19 heavy (non-hydrogen) atoms. The van der Waals surface area contributed by atoms with Gasteiger partial charge in [-0.3, -0.25) is 0 Å². The molecule has 0 N–H and O–H groups in total. The van der Waals surface area contributed by atoms with Gasteiger partial charge >= 0.3 is 0 Å². The maximum atomic E-state index is 5.83. The van der Waals surface area contributed by atoms with Crippen LogP contribution in [0.15, 0.2) is 28.9 Å². The number of aryl methyl sites for hydroxylation is 2. The fraction of sp³-hybridized carbons (Fsp3) is 0.308. The largest absolute Gasteiger partial charge is 0.359 e. The molecule has 0 aromatic carbocycles. The van der Waals surface area contributed by atoms with Crippen molar-refractivity contribution in [1.29, 1.82) is 0 Å². The van der Waals surface area contributed by atoms with E-state index in [0.29, 0.717) is 18.8 Å². The van der Waals surface area contributed by atoms with Crippen molar-refractivity contribution in [3.63, 3.8) is 0 Å². The Labute approximate surface area is 115 Å². The van der Waals surface area contributed by atoms with Crippen LogP contribution in [0.2, 0.25) is 0 Å². The van der Waals surface area contributed by atoms with Gasteiger partial charge in [-0.05, 0) is 19.1 Å². The van der Waals surface area contributed by atoms with Crippen LogP contribution in [0.4, 0.5) is 0 Å². The number of aromatic nitrogens is 4. The van der Waals surface area contributed by atoms with Crippen LogP contribution in [-0.2, 0) is 13.0 Å². The number of halogens is 1. The Kier molecular flexibility index (Phi) is 3.21. The Balaban J connectivity index is 2.06. The molecular weight excluding hydrogens is 264 g/mol. The summed E-state index contributed by atoms with van der Waals surface area (Å²) in [5.41, 5.74) is 2.58. The molecule has 3 aromatic rings. The lowest BCUT2D eigenvalue weighted by Crippen LogP contribution is -2.06. The van der Waals surface area contributed by atoms with Crippen LogP contribution < -0.4 is 0 Å². The van der Waals surface area contributed by atoms with Crippen LogP contribution in [0, 0.1) is 6.92 Å². The zero-order valence-corrected chi connectivity index (χ0v) is 11.3. The summed E-state index contributed by atoms with van der Waals surface area (Å²) < 4.78 is 7.29. The Morgan fingerprint density at radius 1 is 1.42 bits per heavy atom. The summed E-state index contributed by atoms with van der Waals surface area (Å²) in [6.45, 7) is 2.47. The van der Waals surface area contributed by atoms with Gasteiger partial charge in [-0.25, -0.2) is 9.97 Å². The van der Waals surface area contributed by atoms with Crippen molar-refractivity contribution >= 4 is 22.8 Å². The summed E-state index contributed by atoms with van der Waals surface area (Å²) in [5, 5.41) is 3.90. The van der Waals surface area contributed by atoms with Gasteiger partial charge in [0.1, 0.15) is 11.3 Å². The van der Waals surface area contributed by atoms with E-state index in [1.54, 1.807) is 6.20 Å². The number of rotatable bonds is 4. The second-order valence-electron chi connectivity index (χ2n) is 4.33. The smallest absolute Gasteiger partial charge is 0.160 e. The highest BCUT2D eigenvalue weighted by molar-refractivity contribution is 6.17. The molecule has 0 saturated carbocycles. The average Bonchev–Trinajstić information content (AvgIpc) is 2.96. The summed E-state index contributed by atoms with van der Waals surface area (Å²) in [7, 11) is 0. The molecule has 3 heterocycles. The van der Waals surface area contributed by atoms with Crippen molar-refractivity contribution in [1.82, 2.24) is 19.7 Å². The van der Waals surface area contributed by atoms with Crippen LogP contribution in [0.5, 0.6) is 0 Å². The second kappa shape index (κ2) is 5.01. The van der Waals surface area contributed by atoms with Gasteiger partial charge in [0.15, 0.2) is 11.4 Å². The molecule has 98 valence electrons. The van der Waals surface area contributed by atoms with Crippen LogP contribution >= 0.6 is 11.6 Å². The van der Waals surface area contributed by atoms with E-state index in [1.807, 2.05) is 29.7 Å². The SMILES string of the molecule is Cc1cc(Cn2c(CCCl)nc3cccnc32)on1. The van der Waals surface area contributed by atoms with Gasteiger partial charge < -0.3 is 9.09 Å². The number of fused-ring (bicyclic) bond motifs is 1. The fourth-order valence-electron chi connectivity index (χ4n) is 2.09. The van der Waals surface area contributed by atoms with E-state index in [2.05, 4.69) is 15.1 Å². The maximum absolute atomic E-state index is 5.83. The van der Waals surface area contributed by atoms with Crippen LogP contribution in [0.3, 0.4) is 0 Å². The minimum absolute atomic E-state index is 0.527. The van der Waals surface area contributed by atoms with Crippen molar-refractivity contribution in [3.05, 3.63) is 41.7 Å². The molecule has 0 aliphatic rings. The lowest BCUT2D eigenvalue weighted by molar-refractivity contribution is 0.372. The van der Waals surface area contributed by atoms with E-state index in [1.165, 1.54) is 0 Å². The molecule has 3 rings (SSSR count).